The van der Waals surface area contributed by atoms with Gasteiger partial charge in [-0.25, -0.2) is 0 Å². The lowest BCUT2D eigenvalue weighted by molar-refractivity contribution is -0.120. The van der Waals surface area contributed by atoms with Crippen molar-refractivity contribution in [3.8, 4) is 0 Å². The van der Waals surface area contributed by atoms with Gasteiger partial charge in [-0.3, -0.25) is 14.4 Å². The van der Waals surface area contributed by atoms with Crippen LogP contribution in [0.4, 0.5) is 5.82 Å². The van der Waals surface area contributed by atoms with Gasteiger partial charge >= 0.3 is 0 Å². The topological polar surface area (TPSA) is 50.2 Å². The quantitative estimate of drug-likeness (QED) is 0.934. The van der Waals surface area contributed by atoms with Crippen LogP contribution < -0.4 is 5.32 Å². The third kappa shape index (κ3) is 3.31. The van der Waals surface area contributed by atoms with E-state index >= 15 is 0 Å². The molecule has 1 aliphatic heterocycles. The van der Waals surface area contributed by atoms with Crippen LogP contribution in [-0.4, -0.2) is 33.2 Å². The fourth-order valence-corrected chi connectivity index (χ4v) is 2.82. The Labute approximate surface area is 124 Å². The van der Waals surface area contributed by atoms with E-state index in [2.05, 4.69) is 27.4 Å². The van der Waals surface area contributed by atoms with Crippen molar-refractivity contribution in [1.29, 1.82) is 0 Å². The summed E-state index contributed by atoms with van der Waals surface area (Å²) in [7, 11) is 1.84. The molecule has 1 saturated heterocycles. The average molecular weight is 284 g/mol. The number of hydrogen-bond acceptors (Lipinski definition) is 3. The molecule has 21 heavy (non-hydrogen) atoms. The van der Waals surface area contributed by atoms with Gasteiger partial charge in [-0.05, 0) is 24.9 Å². The van der Waals surface area contributed by atoms with Crippen molar-refractivity contribution in [2.75, 3.05) is 11.9 Å². The molecule has 1 atom stereocenters. The Morgan fingerprint density at radius 2 is 2.14 bits per heavy atom. The minimum absolute atomic E-state index is 0.0436. The van der Waals surface area contributed by atoms with Crippen LogP contribution in [0, 0.1) is 0 Å². The van der Waals surface area contributed by atoms with E-state index in [4.69, 9.17) is 0 Å². The van der Waals surface area contributed by atoms with Gasteiger partial charge in [-0.15, -0.1) is 0 Å². The standard InChI is InChI=1S/C16H20N4O/c1-19-11-9-15(18-19)17-16(21)14-8-5-10-20(14)12-13-6-3-2-4-7-13/h2-4,6-7,9,11,14H,5,8,10,12H2,1H3,(H,17,18,21). The highest BCUT2D eigenvalue weighted by atomic mass is 16.2. The Kier molecular flexibility index (Phi) is 4.01. The van der Waals surface area contributed by atoms with E-state index in [9.17, 15) is 4.79 Å². The second-order valence-corrected chi connectivity index (χ2v) is 5.48. The van der Waals surface area contributed by atoms with Crippen molar-refractivity contribution < 1.29 is 4.79 Å². The van der Waals surface area contributed by atoms with Crippen LogP contribution in [0.5, 0.6) is 0 Å². The molecule has 0 spiro atoms. The third-order valence-electron chi connectivity index (χ3n) is 3.86. The lowest BCUT2D eigenvalue weighted by Crippen LogP contribution is -2.39. The zero-order chi connectivity index (χ0) is 14.7. The Hall–Kier alpha value is -2.14. The van der Waals surface area contributed by atoms with Crippen LogP contribution in [0.3, 0.4) is 0 Å². The number of benzene rings is 1. The van der Waals surface area contributed by atoms with E-state index < -0.39 is 0 Å². The van der Waals surface area contributed by atoms with Gasteiger partial charge in [0.05, 0.1) is 6.04 Å². The summed E-state index contributed by atoms with van der Waals surface area (Å²) >= 11 is 0. The number of carbonyl (C=O) groups is 1. The smallest absolute Gasteiger partial charge is 0.242 e. The van der Waals surface area contributed by atoms with Crippen molar-refractivity contribution in [2.24, 2.45) is 7.05 Å². The molecular weight excluding hydrogens is 264 g/mol. The molecule has 0 saturated carbocycles. The van der Waals surface area contributed by atoms with Gasteiger partial charge in [-0.2, -0.15) is 5.10 Å². The van der Waals surface area contributed by atoms with Crippen LogP contribution >= 0.6 is 0 Å². The summed E-state index contributed by atoms with van der Waals surface area (Å²) in [5.74, 6) is 0.663. The Balaban J connectivity index is 1.64. The molecule has 1 aromatic heterocycles. The number of anilines is 1. The summed E-state index contributed by atoms with van der Waals surface area (Å²) < 4.78 is 1.69. The molecule has 3 rings (SSSR count). The second-order valence-electron chi connectivity index (χ2n) is 5.48. The summed E-state index contributed by atoms with van der Waals surface area (Å²) in [6.45, 7) is 1.79. The van der Waals surface area contributed by atoms with Gasteiger partial charge < -0.3 is 5.32 Å². The van der Waals surface area contributed by atoms with E-state index in [1.54, 1.807) is 4.68 Å². The van der Waals surface area contributed by atoms with Crippen LogP contribution in [0.1, 0.15) is 18.4 Å². The fourth-order valence-electron chi connectivity index (χ4n) is 2.82. The number of amides is 1. The molecule has 0 aliphatic carbocycles. The lowest BCUT2D eigenvalue weighted by Gasteiger charge is -2.23. The number of likely N-dealkylation sites (tertiary alicyclic amines) is 1. The average Bonchev–Trinajstić information content (AvgIpc) is 3.09. The fraction of sp³-hybridized carbons (Fsp3) is 0.375. The van der Waals surface area contributed by atoms with E-state index in [-0.39, 0.29) is 11.9 Å². The molecule has 2 aromatic rings. The Morgan fingerprint density at radius 3 is 2.86 bits per heavy atom. The first-order valence-electron chi connectivity index (χ1n) is 7.31. The summed E-state index contributed by atoms with van der Waals surface area (Å²) in [5.41, 5.74) is 1.25. The maximum absolute atomic E-state index is 12.4. The second kappa shape index (κ2) is 6.10. The summed E-state index contributed by atoms with van der Waals surface area (Å²) in [5, 5.41) is 7.11. The van der Waals surface area contributed by atoms with Crippen molar-refractivity contribution in [1.82, 2.24) is 14.7 Å². The van der Waals surface area contributed by atoms with Gasteiger partial charge in [0, 0.05) is 25.9 Å². The first-order chi connectivity index (χ1) is 10.2. The maximum Gasteiger partial charge on any atom is 0.242 e. The minimum atomic E-state index is -0.0628. The van der Waals surface area contributed by atoms with Crippen molar-refractivity contribution in [2.45, 2.75) is 25.4 Å². The Bertz CT molecular complexity index is 608. The summed E-state index contributed by atoms with van der Waals surface area (Å²) in [6.07, 6.45) is 3.80. The van der Waals surface area contributed by atoms with E-state index in [1.807, 2.05) is 37.5 Å². The number of rotatable bonds is 4. The highest BCUT2D eigenvalue weighted by Crippen LogP contribution is 2.21. The van der Waals surface area contributed by atoms with Crippen molar-refractivity contribution >= 4 is 11.7 Å². The third-order valence-corrected chi connectivity index (χ3v) is 3.86. The first-order valence-corrected chi connectivity index (χ1v) is 7.31. The molecule has 0 radical (unpaired) electrons. The van der Waals surface area contributed by atoms with Crippen LogP contribution in [0.2, 0.25) is 0 Å². The molecule has 1 fully saturated rings. The number of aromatic nitrogens is 2. The predicted octanol–water partition coefficient (Wildman–Crippen LogP) is 2.02. The van der Waals surface area contributed by atoms with Gasteiger partial charge in [0.2, 0.25) is 5.91 Å². The highest BCUT2D eigenvalue weighted by molar-refractivity contribution is 5.94. The SMILES string of the molecule is Cn1ccc(NC(=O)C2CCCN2Cc2ccccc2)n1. The van der Waals surface area contributed by atoms with Gasteiger partial charge in [0.1, 0.15) is 0 Å². The molecule has 1 aromatic carbocycles. The molecule has 1 amide bonds. The van der Waals surface area contributed by atoms with Crippen LogP contribution in [0.25, 0.3) is 0 Å². The summed E-state index contributed by atoms with van der Waals surface area (Å²) in [6, 6.07) is 12.0. The molecule has 1 N–H and O–H groups in total. The maximum atomic E-state index is 12.4. The monoisotopic (exact) mass is 284 g/mol. The highest BCUT2D eigenvalue weighted by Gasteiger charge is 2.30. The molecule has 5 heteroatoms. The summed E-state index contributed by atoms with van der Waals surface area (Å²) in [4.78, 5) is 14.7. The molecule has 5 nitrogen and oxygen atoms in total. The van der Waals surface area contributed by atoms with Crippen LogP contribution in [-0.2, 0) is 18.4 Å². The minimum Gasteiger partial charge on any atom is -0.308 e. The molecule has 0 bridgehead atoms. The molecule has 1 aliphatic rings. The van der Waals surface area contributed by atoms with Gasteiger partial charge in [-0.1, -0.05) is 30.3 Å². The molecular formula is C16H20N4O. The van der Waals surface area contributed by atoms with Gasteiger partial charge in [0.15, 0.2) is 5.82 Å². The van der Waals surface area contributed by atoms with Gasteiger partial charge in [0.25, 0.3) is 0 Å². The Morgan fingerprint density at radius 1 is 1.33 bits per heavy atom. The van der Waals surface area contributed by atoms with E-state index in [0.29, 0.717) is 5.82 Å². The largest absolute Gasteiger partial charge is 0.308 e. The lowest BCUT2D eigenvalue weighted by atomic mass is 10.1. The van der Waals surface area contributed by atoms with Crippen LogP contribution in [0.15, 0.2) is 42.6 Å². The van der Waals surface area contributed by atoms with E-state index in [0.717, 1.165) is 25.9 Å². The molecule has 2 heterocycles. The normalized spacial score (nSPS) is 18.8. The molecule has 1 unspecified atom stereocenters. The zero-order valence-corrected chi connectivity index (χ0v) is 12.2. The van der Waals surface area contributed by atoms with Crippen molar-refractivity contribution in [3.63, 3.8) is 0 Å². The molecule has 110 valence electrons. The zero-order valence-electron chi connectivity index (χ0n) is 12.2. The predicted molar refractivity (Wildman–Crippen MR) is 81.7 cm³/mol. The number of hydrogen-bond donors (Lipinski definition) is 1. The first kappa shape index (κ1) is 13.8. The number of carbonyl (C=O) groups excluding carboxylic acids is 1. The number of nitrogens with one attached hydrogen (secondary N) is 1. The van der Waals surface area contributed by atoms with Crippen molar-refractivity contribution in [3.05, 3.63) is 48.2 Å². The number of aryl methyl sites for hydroxylation is 1. The van der Waals surface area contributed by atoms with E-state index in [1.165, 1.54) is 5.56 Å². The number of nitrogens with zero attached hydrogens (tertiary/aromatic N) is 3.